The van der Waals surface area contributed by atoms with Crippen molar-refractivity contribution in [3.05, 3.63) is 66.6 Å². The first kappa shape index (κ1) is 20.2. The van der Waals surface area contributed by atoms with Crippen LogP contribution in [0.5, 0.6) is 11.5 Å². The smallest absolute Gasteiger partial charge is 0.506 e. The van der Waals surface area contributed by atoms with Gasteiger partial charge in [0, 0.05) is 23.5 Å². The molecule has 2 aromatic heterocycles. The Morgan fingerprint density at radius 2 is 1.90 bits per heavy atom. The number of phenols is 1. The fourth-order valence-electron chi connectivity index (χ4n) is 3.01. The van der Waals surface area contributed by atoms with Crippen LogP contribution >= 0.6 is 0 Å². The molecule has 0 aliphatic rings. The fraction of sp³-hybridized carbons (Fsp3) is 0.0952. The van der Waals surface area contributed by atoms with E-state index in [0.29, 0.717) is 28.4 Å². The standard InChI is InChI=1S/C21H15F3N4O3/c1-12(29)15-3-2-4-16(20(15)30)17-10-28-11-25-18(9-19(28)27-17)26-13-5-7-14(8-6-13)31-21(22,23)24/h2-11,26,30H,1H3. The van der Waals surface area contributed by atoms with Crippen LogP contribution in [0.15, 0.2) is 61.1 Å². The van der Waals surface area contributed by atoms with Crippen LogP contribution < -0.4 is 10.1 Å². The molecule has 4 aromatic rings. The number of carbonyl (C=O) groups excluding carboxylic acids is 1. The third-order valence-electron chi connectivity index (χ3n) is 4.40. The first-order chi connectivity index (χ1) is 14.7. The monoisotopic (exact) mass is 428 g/mol. The Bertz CT molecular complexity index is 1270. The van der Waals surface area contributed by atoms with E-state index in [1.54, 1.807) is 28.8 Å². The van der Waals surface area contributed by atoms with Crippen molar-refractivity contribution in [1.29, 1.82) is 0 Å². The Hall–Kier alpha value is -4.08. The van der Waals surface area contributed by atoms with Crippen molar-refractivity contribution in [3.8, 4) is 22.8 Å². The zero-order valence-electron chi connectivity index (χ0n) is 16.0. The maximum absolute atomic E-state index is 12.3. The molecule has 2 heterocycles. The Morgan fingerprint density at radius 1 is 1.16 bits per heavy atom. The predicted molar refractivity (Wildman–Crippen MR) is 107 cm³/mol. The highest BCUT2D eigenvalue weighted by molar-refractivity contribution is 5.99. The summed E-state index contributed by atoms with van der Waals surface area (Å²) < 4.78 is 42.3. The molecule has 0 saturated heterocycles. The van der Waals surface area contributed by atoms with Crippen LogP contribution in [0.25, 0.3) is 16.9 Å². The molecule has 0 bridgehead atoms. The van der Waals surface area contributed by atoms with E-state index in [2.05, 4.69) is 20.0 Å². The molecule has 0 unspecified atom stereocenters. The van der Waals surface area contributed by atoms with Crippen molar-refractivity contribution in [2.75, 3.05) is 5.32 Å². The summed E-state index contributed by atoms with van der Waals surface area (Å²) >= 11 is 0. The van der Waals surface area contributed by atoms with E-state index in [-0.39, 0.29) is 22.8 Å². The number of halogens is 3. The molecule has 0 fully saturated rings. The largest absolute Gasteiger partial charge is 0.573 e. The number of carbonyl (C=O) groups is 1. The minimum atomic E-state index is -4.75. The number of aromatic hydroxyl groups is 1. The summed E-state index contributed by atoms with van der Waals surface area (Å²) in [5.41, 5.74) is 2.08. The number of hydrogen-bond donors (Lipinski definition) is 2. The lowest BCUT2D eigenvalue weighted by molar-refractivity contribution is -0.274. The van der Waals surface area contributed by atoms with E-state index >= 15 is 0 Å². The predicted octanol–water partition coefficient (Wildman–Crippen LogP) is 4.95. The maximum Gasteiger partial charge on any atom is 0.573 e. The zero-order valence-corrected chi connectivity index (χ0v) is 16.0. The van der Waals surface area contributed by atoms with Crippen LogP contribution in [0, 0.1) is 0 Å². The SMILES string of the molecule is CC(=O)c1cccc(-c2cn3cnc(Nc4ccc(OC(F)(F)F)cc4)cc3n2)c1O. The molecule has 0 amide bonds. The van der Waals surface area contributed by atoms with Gasteiger partial charge in [0.25, 0.3) is 0 Å². The maximum atomic E-state index is 12.3. The average Bonchev–Trinajstić information content (AvgIpc) is 3.11. The van der Waals surface area contributed by atoms with Gasteiger partial charge in [0.2, 0.25) is 0 Å². The zero-order chi connectivity index (χ0) is 22.2. The van der Waals surface area contributed by atoms with Crippen molar-refractivity contribution in [3.63, 3.8) is 0 Å². The third kappa shape index (κ3) is 4.42. The number of nitrogens with one attached hydrogen (secondary N) is 1. The highest BCUT2D eigenvalue weighted by atomic mass is 19.4. The summed E-state index contributed by atoms with van der Waals surface area (Å²) in [4.78, 5) is 20.4. The highest BCUT2D eigenvalue weighted by Crippen LogP contribution is 2.32. The van der Waals surface area contributed by atoms with E-state index in [0.717, 1.165) is 0 Å². The number of Topliss-reactive ketones (excluding diaryl/α,β-unsaturated/α-hetero) is 1. The first-order valence-electron chi connectivity index (χ1n) is 9.00. The Morgan fingerprint density at radius 3 is 2.58 bits per heavy atom. The van der Waals surface area contributed by atoms with Crippen molar-refractivity contribution in [2.45, 2.75) is 13.3 Å². The summed E-state index contributed by atoms with van der Waals surface area (Å²) in [6.07, 6.45) is -1.59. The molecule has 0 aliphatic heterocycles. The minimum Gasteiger partial charge on any atom is -0.506 e. The third-order valence-corrected chi connectivity index (χ3v) is 4.40. The lowest BCUT2D eigenvalue weighted by Crippen LogP contribution is -2.16. The molecule has 4 rings (SSSR count). The quantitative estimate of drug-likeness (QED) is 0.438. The van der Waals surface area contributed by atoms with Crippen LogP contribution in [-0.4, -0.2) is 31.6 Å². The number of hydrogen-bond acceptors (Lipinski definition) is 6. The molecule has 158 valence electrons. The number of ether oxygens (including phenoxy) is 1. The van der Waals surface area contributed by atoms with Crippen molar-refractivity contribution < 1.29 is 27.8 Å². The molecule has 0 atom stereocenters. The molecule has 0 aliphatic carbocycles. The van der Waals surface area contributed by atoms with Gasteiger partial charge in [0.1, 0.15) is 29.3 Å². The number of imidazole rings is 1. The number of para-hydroxylation sites is 1. The van der Waals surface area contributed by atoms with Gasteiger partial charge in [-0.1, -0.05) is 6.07 Å². The molecule has 0 radical (unpaired) electrons. The normalized spacial score (nSPS) is 11.5. The second-order valence-corrected chi connectivity index (χ2v) is 6.62. The fourth-order valence-corrected chi connectivity index (χ4v) is 3.01. The molecular weight excluding hydrogens is 413 g/mol. The molecule has 31 heavy (non-hydrogen) atoms. The second kappa shape index (κ2) is 7.63. The summed E-state index contributed by atoms with van der Waals surface area (Å²) in [6, 6.07) is 11.7. The van der Waals surface area contributed by atoms with Crippen LogP contribution in [0.1, 0.15) is 17.3 Å². The topological polar surface area (TPSA) is 88.8 Å². The second-order valence-electron chi connectivity index (χ2n) is 6.62. The summed E-state index contributed by atoms with van der Waals surface area (Å²) in [5, 5.41) is 13.4. The van der Waals surface area contributed by atoms with E-state index in [1.165, 1.54) is 43.6 Å². The van der Waals surface area contributed by atoms with Gasteiger partial charge in [0.05, 0.1) is 11.3 Å². The number of aromatic nitrogens is 3. The van der Waals surface area contributed by atoms with Crippen LogP contribution in [0.2, 0.25) is 0 Å². The number of anilines is 2. The summed E-state index contributed by atoms with van der Waals surface area (Å²) in [6.45, 7) is 1.37. The van der Waals surface area contributed by atoms with Gasteiger partial charge in [-0.2, -0.15) is 0 Å². The van der Waals surface area contributed by atoms with Crippen LogP contribution in [0.4, 0.5) is 24.7 Å². The molecule has 10 heteroatoms. The van der Waals surface area contributed by atoms with E-state index in [4.69, 9.17) is 0 Å². The van der Waals surface area contributed by atoms with Gasteiger partial charge < -0.3 is 15.2 Å². The van der Waals surface area contributed by atoms with Crippen LogP contribution in [0.3, 0.4) is 0 Å². The van der Waals surface area contributed by atoms with E-state index in [1.807, 2.05) is 0 Å². The van der Waals surface area contributed by atoms with E-state index < -0.39 is 6.36 Å². The Balaban J connectivity index is 1.59. The summed E-state index contributed by atoms with van der Waals surface area (Å²) in [5.74, 6) is -0.323. The molecule has 0 spiro atoms. The number of alkyl halides is 3. The molecule has 0 saturated carbocycles. The Labute approximate surface area is 173 Å². The van der Waals surface area contributed by atoms with Gasteiger partial charge in [-0.25, -0.2) is 9.97 Å². The van der Waals surface area contributed by atoms with Crippen LogP contribution in [-0.2, 0) is 0 Å². The lowest BCUT2D eigenvalue weighted by Gasteiger charge is -2.10. The van der Waals surface area contributed by atoms with Gasteiger partial charge in [-0.05, 0) is 43.3 Å². The van der Waals surface area contributed by atoms with E-state index in [9.17, 15) is 23.1 Å². The van der Waals surface area contributed by atoms with Gasteiger partial charge in [-0.15, -0.1) is 13.2 Å². The number of benzene rings is 2. The number of phenolic OH excluding ortho intramolecular Hbond substituents is 1. The molecule has 7 nitrogen and oxygen atoms in total. The number of ketones is 1. The lowest BCUT2D eigenvalue weighted by atomic mass is 10.0. The number of rotatable bonds is 5. The average molecular weight is 428 g/mol. The molecular formula is C21H15F3N4O3. The highest BCUT2D eigenvalue weighted by Gasteiger charge is 2.30. The van der Waals surface area contributed by atoms with Gasteiger partial charge >= 0.3 is 6.36 Å². The van der Waals surface area contributed by atoms with Gasteiger partial charge in [0.15, 0.2) is 5.78 Å². The van der Waals surface area contributed by atoms with Crippen molar-refractivity contribution in [1.82, 2.24) is 14.4 Å². The van der Waals surface area contributed by atoms with Crippen molar-refractivity contribution in [2.24, 2.45) is 0 Å². The summed E-state index contributed by atoms with van der Waals surface area (Å²) in [7, 11) is 0. The van der Waals surface area contributed by atoms with Gasteiger partial charge in [-0.3, -0.25) is 9.20 Å². The molecule has 2 N–H and O–H groups in total. The minimum absolute atomic E-state index is 0.147. The van der Waals surface area contributed by atoms with Crippen molar-refractivity contribution >= 4 is 22.9 Å². The first-order valence-corrected chi connectivity index (χ1v) is 9.00. The number of nitrogens with zero attached hydrogens (tertiary/aromatic N) is 3. The molecule has 2 aromatic carbocycles. The Kier molecular flexibility index (Phi) is 4.97. The number of fused-ring (bicyclic) bond motifs is 1.